The van der Waals surface area contributed by atoms with Crippen LogP contribution in [-0.4, -0.2) is 39.1 Å². The fraction of sp³-hybridized carbons (Fsp3) is 0.379. The number of hydrogen-bond acceptors (Lipinski definition) is 6. The zero-order chi connectivity index (χ0) is 26.2. The predicted octanol–water partition coefficient (Wildman–Crippen LogP) is 6.38. The monoisotopic (exact) mass is 517 g/mol. The van der Waals surface area contributed by atoms with E-state index < -0.39 is 0 Å². The van der Waals surface area contributed by atoms with E-state index in [2.05, 4.69) is 33.7 Å². The van der Waals surface area contributed by atoms with Crippen LogP contribution in [0.4, 0.5) is 0 Å². The van der Waals surface area contributed by atoms with Crippen LogP contribution in [0.1, 0.15) is 61.1 Å². The van der Waals surface area contributed by atoms with Crippen molar-refractivity contribution in [1.29, 1.82) is 0 Å². The summed E-state index contributed by atoms with van der Waals surface area (Å²) in [6.07, 6.45) is 9.59. The van der Waals surface area contributed by atoms with E-state index in [1.165, 1.54) is 24.2 Å². The van der Waals surface area contributed by atoms with Crippen molar-refractivity contribution in [2.24, 2.45) is 5.92 Å². The van der Waals surface area contributed by atoms with Crippen molar-refractivity contribution in [3.8, 4) is 27.8 Å². The lowest BCUT2D eigenvalue weighted by Crippen LogP contribution is -2.29. The van der Waals surface area contributed by atoms with Crippen molar-refractivity contribution in [2.45, 2.75) is 53.0 Å². The summed E-state index contributed by atoms with van der Waals surface area (Å²) >= 11 is 1.52. The molecule has 1 unspecified atom stereocenters. The molecule has 0 spiro atoms. The van der Waals surface area contributed by atoms with E-state index in [9.17, 15) is 4.79 Å². The van der Waals surface area contributed by atoms with E-state index in [1.54, 1.807) is 25.7 Å². The van der Waals surface area contributed by atoms with Gasteiger partial charge in [-0.25, -0.2) is 4.98 Å². The number of unbranched alkanes of at least 4 members (excludes halogenated alkanes) is 1. The van der Waals surface area contributed by atoms with E-state index in [-0.39, 0.29) is 5.91 Å². The molecule has 3 aromatic heterocycles. The van der Waals surface area contributed by atoms with Gasteiger partial charge in [0.25, 0.3) is 5.91 Å². The maximum Gasteiger partial charge on any atom is 0.253 e. The van der Waals surface area contributed by atoms with Gasteiger partial charge < -0.3 is 14.6 Å². The second kappa shape index (κ2) is 12.6. The highest BCUT2D eigenvalue weighted by Crippen LogP contribution is 2.31. The van der Waals surface area contributed by atoms with Crippen molar-refractivity contribution in [3.63, 3.8) is 0 Å². The van der Waals surface area contributed by atoms with Crippen LogP contribution in [0.15, 0.2) is 54.3 Å². The summed E-state index contributed by atoms with van der Waals surface area (Å²) in [6.45, 7) is 7.71. The Bertz CT molecular complexity index is 1300. The van der Waals surface area contributed by atoms with Crippen LogP contribution in [0.25, 0.3) is 22.1 Å². The Morgan fingerprint density at radius 2 is 1.97 bits per heavy atom. The van der Waals surface area contributed by atoms with Crippen molar-refractivity contribution in [2.75, 3.05) is 13.7 Å². The zero-order valence-corrected chi connectivity index (χ0v) is 22.8. The lowest BCUT2D eigenvalue weighted by molar-refractivity contribution is 0.0945. The van der Waals surface area contributed by atoms with E-state index in [0.29, 0.717) is 24.6 Å². The van der Waals surface area contributed by atoms with Gasteiger partial charge in [-0.2, -0.15) is 0 Å². The molecule has 0 saturated carbocycles. The Hall–Kier alpha value is -3.52. The summed E-state index contributed by atoms with van der Waals surface area (Å²) in [7, 11) is 1.66. The van der Waals surface area contributed by atoms with Crippen LogP contribution in [0.3, 0.4) is 0 Å². The topological polar surface area (TPSA) is 81.9 Å². The number of nitrogens with one attached hydrogen (secondary N) is 1. The van der Waals surface area contributed by atoms with Crippen molar-refractivity contribution in [3.05, 3.63) is 71.1 Å². The first-order chi connectivity index (χ1) is 18.0. The van der Waals surface area contributed by atoms with E-state index >= 15 is 0 Å². The maximum atomic E-state index is 13.3. The van der Waals surface area contributed by atoms with E-state index in [1.807, 2.05) is 42.6 Å². The highest BCUT2D eigenvalue weighted by molar-refractivity contribution is 7.13. The Labute approximate surface area is 223 Å². The van der Waals surface area contributed by atoms with Gasteiger partial charge in [0, 0.05) is 36.6 Å². The average Bonchev–Trinajstić information content (AvgIpc) is 3.55. The number of nitrogens with zero attached hydrogens (tertiary/aromatic N) is 4. The van der Waals surface area contributed by atoms with Crippen LogP contribution < -0.4 is 10.1 Å². The predicted molar refractivity (Wildman–Crippen MR) is 149 cm³/mol. The molecule has 1 amide bonds. The first-order valence-electron chi connectivity index (χ1n) is 12.9. The Kier molecular flexibility index (Phi) is 9.06. The largest absolute Gasteiger partial charge is 0.497 e. The lowest BCUT2D eigenvalue weighted by Gasteiger charge is -2.15. The number of carbonyl (C=O) groups is 1. The molecular formula is C29H35N5O2S. The fourth-order valence-corrected chi connectivity index (χ4v) is 5.17. The van der Waals surface area contributed by atoms with Crippen LogP contribution >= 0.6 is 11.3 Å². The number of carbonyl (C=O) groups excluding carboxylic acids is 1. The quantitative estimate of drug-likeness (QED) is 0.236. The number of aromatic nitrogens is 4. The number of methoxy groups -OCH3 is 1. The smallest absolute Gasteiger partial charge is 0.253 e. The second-order valence-corrected chi connectivity index (χ2v) is 10.1. The summed E-state index contributed by atoms with van der Waals surface area (Å²) in [6, 6.07) is 9.98. The van der Waals surface area contributed by atoms with Gasteiger partial charge in [0.2, 0.25) is 0 Å². The molecule has 8 heteroatoms. The third-order valence-electron chi connectivity index (χ3n) is 6.75. The molecule has 3 heterocycles. The first kappa shape index (κ1) is 26.5. The minimum absolute atomic E-state index is 0.0356. The highest BCUT2D eigenvalue weighted by atomic mass is 32.1. The molecule has 194 valence electrons. The summed E-state index contributed by atoms with van der Waals surface area (Å²) in [5, 5.41) is 6.01. The summed E-state index contributed by atoms with van der Waals surface area (Å²) in [5.74, 6) is 1.28. The Morgan fingerprint density at radius 1 is 1.16 bits per heavy atom. The van der Waals surface area contributed by atoms with Gasteiger partial charge in [-0.1, -0.05) is 45.2 Å². The number of rotatable bonds is 12. The molecule has 1 N–H and O–H groups in total. The average molecular weight is 518 g/mol. The standard InChI is InChI=1S/C29H35N5O2S/c1-5-7-8-21(6-2)16-32-28(35)24-15-27(26-19-37-29(33-26)25-17-30-13-14-31-25)34(20(24)3)18-22-9-11-23(36-4)12-10-22/h9-15,17,19,21H,5-8,16,18H2,1-4H3,(H,32,35). The molecule has 0 aliphatic rings. The molecule has 0 saturated heterocycles. The summed E-state index contributed by atoms with van der Waals surface area (Å²) < 4.78 is 7.48. The molecule has 0 aliphatic carbocycles. The number of benzene rings is 1. The number of amides is 1. The van der Waals surface area contributed by atoms with Gasteiger partial charge in [0.05, 0.1) is 30.3 Å². The van der Waals surface area contributed by atoms with Crippen molar-refractivity contribution < 1.29 is 9.53 Å². The third-order valence-corrected chi connectivity index (χ3v) is 7.62. The zero-order valence-electron chi connectivity index (χ0n) is 22.0. The molecule has 0 fully saturated rings. The van der Waals surface area contributed by atoms with Crippen LogP contribution in [0, 0.1) is 12.8 Å². The molecule has 4 rings (SSSR count). The molecule has 1 atom stereocenters. The van der Waals surface area contributed by atoms with Gasteiger partial charge in [-0.3, -0.25) is 14.8 Å². The van der Waals surface area contributed by atoms with Crippen molar-refractivity contribution in [1.82, 2.24) is 24.8 Å². The van der Waals surface area contributed by atoms with Crippen LogP contribution in [0.2, 0.25) is 0 Å². The number of ether oxygens (including phenoxy) is 1. The van der Waals surface area contributed by atoms with Gasteiger partial charge >= 0.3 is 0 Å². The fourth-order valence-electron chi connectivity index (χ4n) is 4.40. The third kappa shape index (κ3) is 6.43. The molecule has 1 aromatic carbocycles. The molecule has 4 aromatic rings. The Balaban J connectivity index is 1.65. The van der Waals surface area contributed by atoms with Gasteiger partial charge in [0.1, 0.15) is 16.5 Å². The van der Waals surface area contributed by atoms with Crippen LogP contribution in [0.5, 0.6) is 5.75 Å². The van der Waals surface area contributed by atoms with Gasteiger partial charge in [-0.05, 0) is 43.0 Å². The Morgan fingerprint density at radius 3 is 2.65 bits per heavy atom. The SMILES string of the molecule is CCCCC(CC)CNC(=O)c1cc(-c2csc(-c3cnccn3)n2)n(Cc2ccc(OC)cc2)c1C. The normalized spacial score (nSPS) is 11.9. The summed E-state index contributed by atoms with van der Waals surface area (Å²) in [4.78, 5) is 26.8. The van der Waals surface area contributed by atoms with Gasteiger partial charge in [0.15, 0.2) is 0 Å². The van der Waals surface area contributed by atoms with Gasteiger partial charge in [-0.15, -0.1) is 11.3 Å². The molecule has 0 radical (unpaired) electrons. The van der Waals surface area contributed by atoms with Crippen LogP contribution in [-0.2, 0) is 6.54 Å². The number of hydrogen-bond donors (Lipinski definition) is 1. The molecule has 37 heavy (non-hydrogen) atoms. The van der Waals surface area contributed by atoms with E-state index in [4.69, 9.17) is 9.72 Å². The molecule has 0 aliphatic heterocycles. The molecule has 7 nitrogen and oxygen atoms in total. The molecule has 0 bridgehead atoms. The first-order valence-corrected chi connectivity index (χ1v) is 13.8. The minimum Gasteiger partial charge on any atom is -0.497 e. The second-order valence-electron chi connectivity index (χ2n) is 9.22. The lowest BCUT2D eigenvalue weighted by atomic mass is 9.99. The summed E-state index contributed by atoms with van der Waals surface area (Å²) in [5.41, 5.74) is 5.17. The highest BCUT2D eigenvalue weighted by Gasteiger charge is 2.21. The number of thiazole rings is 1. The molecular weight excluding hydrogens is 482 g/mol. The van der Waals surface area contributed by atoms with E-state index in [0.717, 1.165) is 51.9 Å². The van der Waals surface area contributed by atoms with Crippen molar-refractivity contribution >= 4 is 17.2 Å². The maximum absolute atomic E-state index is 13.3. The minimum atomic E-state index is -0.0356.